The highest BCUT2D eigenvalue weighted by atomic mass is 16.6. The molecule has 0 aliphatic rings. The molecule has 2 amide bonds. The Hall–Kier alpha value is -3.75. The van der Waals surface area contributed by atoms with Crippen LogP contribution in [0.5, 0.6) is 0 Å². The van der Waals surface area contributed by atoms with Crippen molar-refractivity contribution in [2.45, 2.75) is 13.8 Å². The molecule has 0 aliphatic carbocycles. The van der Waals surface area contributed by atoms with Crippen molar-refractivity contribution < 1.29 is 18.9 Å². The smallest absolute Gasteiger partial charge is 0.302 e. The van der Waals surface area contributed by atoms with Gasteiger partial charge in [0.05, 0.1) is 4.92 Å². The lowest BCUT2D eigenvalue weighted by molar-refractivity contribution is -0.385. The number of hydrogen-bond acceptors (Lipinski definition) is 6. The van der Waals surface area contributed by atoms with Gasteiger partial charge in [0.2, 0.25) is 5.91 Å². The van der Waals surface area contributed by atoms with Crippen LogP contribution in [0.25, 0.3) is 11.1 Å². The third-order valence-electron chi connectivity index (χ3n) is 3.60. The zero-order chi connectivity index (χ0) is 18.8. The van der Waals surface area contributed by atoms with Crippen molar-refractivity contribution in [3.8, 4) is 0 Å². The number of carbonyl (C=O) groups is 2. The second kappa shape index (κ2) is 6.63. The van der Waals surface area contributed by atoms with Crippen molar-refractivity contribution in [2.75, 3.05) is 10.6 Å². The van der Waals surface area contributed by atoms with Crippen LogP contribution in [0.2, 0.25) is 0 Å². The number of nitro benzene ring substituents is 1. The molecule has 2 N–H and O–H groups in total. The molecule has 0 atom stereocenters. The number of carbonyl (C=O) groups excluding carboxylic acids is 2. The summed E-state index contributed by atoms with van der Waals surface area (Å²) in [5.74, 6) is -0.805. The number of nitrogens with one attached hydrogen (secondary N) is 2. The van der Waals surface area contributed by atoms with Gasteiger partial charge in [-0.25, -0.2) is 0 Å². The van der Waals surface area contributed by atoms with Crippen LogP contribution < -0.4 is 10.6 Å². The minimum absolute atomic E-state index is 0.0480. The van der Waals surface area contributed by atoms with E-state index in [9.17, 15) is 19.7 Å². The first-order valence-electron chi connectivity index (χ1n) is 7.58. The molecule has 2 aromatic carbocycles. The Balaban J connectivity index is 1.84. The summed E-state index contributed by atoms with van der Waals surface area (Å²) < 4.78 is 5.46. The van der Waals surface area contributed by atoms with E-state index in [0.29, 0.717) is 22.4 Å². The molecule has 0 saturated heterocycles. The minimum atomic E-state index is -0.582. The summed E-state index contributed by atoms with van der Waals surface area (Å²) in [6, 6.07) is 9.00. The number of amides is 2. The monoisotopic (exact) mass is 354 g/mol. The van der Waals surface area contributed by atoms with E-state index in [0.717, 1.165) is 0 Å². The highest BCUT2D eigenvalue weighted by Crippen LogP contribution is 2.24. The first kappa shape index (κ1) is 17.1. The summed E-state index contributed by atoms with van der Waals surface area (Å²) >= 11 is 0. The van der Waals surface area contributed by atoms with Gasteiger partial charge >= 0.3 is 6.01 Å². The second-order valence-electron chi connectivity index (χ2n) is 5.60. The number of aromatic nitrogens is 1. The van der Waals surface area contributed by atoms with Gasteiger partial charge in [-0.2, -0.15) is 4.98 Å². The number of nitro groups is 1. The average Bonchev–Trinajstić information content (AvgIpc) is 2.95. The molecule has 0 aliphatic heterocycles. The maximum Gasteiger partial charge on any atom is 0.302 e. The number of fused-ring (bicyclic) bond motifs is 1. The molecule has 1 aromatic heterocycles. The average molecular weight is 354 g/mol. The molecule has 0 fully saturated rings. The Morgan fingerprint density at radius 1 is 1.15 bits per heavy atom. The number of anilines is 2. The summed E-state index contributed by atoms with van der Waals surface area (Å²) in [6.07, 6.45) is 0. The van der Waals surface area contributed by atoms with Crippen molar-refractivity contribution >= 4 is 40.3 Å². The summed E-state index contributed by atoms with van der Waals surface area (Å²) in [7, 11) is 0. The van der Waals surface area contributed by atoms with Crippen LogP contribution in [-0.4, -0.2) is 21.7 Å². The molecule has 0 spiro atoms. The van der Waals surface area contributed by atoms with E-state index >= 15 is 0 Å². The van der Waals surface area contributed by atoms with Crippen LogP contribution in [-0.2, 0) is 4.79 Å². The summed E-state index contributed by atoms with van der Waals surface area (Å²) in [5, 5.41) is 16.1. The molecule has 0 bridgehead atoms. The highest BCUT2D eigenvalue weighted by molar-refractivity contribution is 6.04. The lowest BCUT2D eigenvalue weighted by Gasteiger charge is -2.02. The van der Waals surface area contributed by atoms with E-state index in [-0.39, 0.29) is 23.2 Å². The van der Waals surface area contributed by atoms with Gasteiger partial charge in [0, 0.05) is 35.9 Å². The zero-order valence-corrected chi connectivity index (χ0v) is 13.9. The number of oxazole rings is 1. The molecule has 132 valence electrons. The van der Waals surface area contributed by atoms with E-state index in [2.05, 4.69) is 15.6 Å². The largest absolute Gasteiger partial charge is 0.423 e. The molecule has 3 aromatic rings. The Morgan fingerprint density at radius 3 is 2.62 bits per heavy atom. The van der Waals surface area contributed by atoms with Gasteiger partial charge in [0.25, 0.3) is 11.6 Å². The van der Waals surface area contributed by atoms with Crippen molar-refractivity contribution in [1.82, 2.24) is 4.98 Å². The van der Waals surface area contributed by atoms with Gasteiger partial charge in [-0.1, -0.05) is 6.07 Å². The number of hydrogen-bond donors (Lipinski definition) is 2. The zero-order valence-electron chi connectivity index (χ0n) is 13.9. The first-order valence-corrected chi connectivity index (χ1v) is 7.58. The first-order chi connectivity index (χ1) is 12.3. The van der Waals surface area contributed by atoms with E-state index in [1.807, 2.05) is 0 Å². The predicted molar refractivity (Wildman–Crippen MR) is 94.1 cm³/mol. The number of rotatable bonds is 4. The normalized spacial score (nSPS) is 10.5. The van der Waals surface area contributed by atoms with Crippen LogP contribution in [0, 0.1) is 17.0 Å². The molecular formula is C17H14N4O5. The summed E-state index contributed by atoms with van der Waals surface area (Å²) in [5.41, 5.74) is 1.83. The van der Waals surface area contributed by atoms with Crippen molar-refractivity contribution in [3.05, 3.63) is 57.6 Å². The van der Waals surface area contributed by atoms with Crippen LogP contribution >= 0.6 is 0 Å². The maximum atomic E-state index is 12.3. The molecule has 26 heavy (non-hydrogen) atoms. The maximum absolute atomic E-state index is 12.3. The highest BCUT2D eigenvalue weighted by Gasteiger charge is 2.17. The summed E-state index contributed by atoms with van der Waals surface area (Å²) in [6.45, 7) is 2.98. The van der Waals surface area contributed by atoms with Crippen LogP contribution in [0.4, 0.5) is 17.4 Å². The SMILES string of the molecule is CC(=O)Nc1ccc2nc(NC(=O)c3ccc(C)c([N+](=O)[O-])c3)oc2c1. The fraction of sp³-hybridized carbons (Fsp3) is 0.118. The lowest BCUT2D eigenvalue weighted by atomic mass is 10.1. The van der Waals surface area contributed by atoms with Gasteiger partial charge in [-0.3, -0.25) is 25.0 Å². The van der Waals surface area contributed by atoms with Crippen molar-refractivity contribution in [3.63, 3.8) is 0 Å². The molecule has 9 heteroatoms. The molecule has 3 rings (SSSR count). The minimum Gasteiger partial charge on any atom is -0.423 e. The van der Waals surface area contributed by atoms with Gasteiger partial charge in [-0.05, 0) is 25.1 Å². The van der Waals surface area contributed by atoms with Gasteiger partial charge < -0.3 is 9.73 Å². The van der Waals surface area contributed by atoms with Gasteiger partial charge in [0.15, 0.2) is 5.58 Å². The van der Waals surface area contributed by atoms with Gasteiger partial charge in [-0.15, -0.1) is 0 Å². The Kier molecular flexibility index (Phi) is 4.36. The fourth-order valence-electron chi connectivity index (χ4n) is 2.38. The predicted octanol–water partition coefficient (Wildman–Crippen LogP) is 3.26. The molecular weight excluding hydrogens is 340 g/mol. The van der Waals surface area contributed by atoms with E-state index in [1.54, 1.807) is 25.1 Å². The molecule has 0 unspecified atom stereocenters. The molecule has 1 heterocycles. The van der Waals surface area contributed by atoms with Gasteiger partial charge in [0.1, 0.15) is 5.52 Å². The van der Waals surface area contributed by atoms with Crippen LogP contribution in [0.1, 0.15) is 22.8 Å². The Labute approximate surface area is 147 Å². The van der Waals surface area contributed by atoms with Crippen LogP contribution in [0.15, 0.2) is 40.8 Å². The Morgan fingerprint density at radius 2 is 1.92 bits per heavy atom. The van der Waals surface area contributed by atoms with Crippen molar-refractivity contribution in [1.29, 1.82) is 0 Å². The van der Waals surface area contributed by atoms with E-state index in [4.69, 9.17) is 4.42 Å². The number of aryl methyl sites for hydroxylation is 1. The lowest BCUT2D eigenvalue weighted by Crippen LogP contribution is -2.12. The van der Waals surface area contributed by atoms with Crippen LogP contribution in [0.3, 0.4) is 0 Å². The van der Waals surface area contributed by atoms with Crippen molar-refractivity contribution in [2.24, 2.45) is 0 Å². The third-order valence-corrected chi connectivity index (χ3v) is 3.60. The third kappa shape index (κ3) is 3.51. The standard InChI is InChI=1S/C17H14N4O5/c1-9-3-4-11(7-14(9)21(24)25)16(23)20-17-19-13-6-5-12(18-10(2)22)8-15(13)26-17/h3-8H,1-2H3,(H,18,22)(H,19,20,23). The topological polar surface area (TPSA) is 127 Å². The quantitative estimate of drug-likeness (QED) is 0.547. The van der Waals surface area contributed by atoms with E-state index in [1.165, 1.54) is 25.1 Å². The second-order valence-corrected chi connectivity index (χ2v) is 5.60. The summed E-state index contributed by atoms with van der Waals surface area (Å²) in [4.78, 5) is 38.0. The fourth-order valence-corrected chi connectivity index (χ4v) is 2.38. The number of benzene rings is 2. The molecule has 0 saturated carbocycles. The molecule has 0 radical (unpaired) electrons. The Bertz CT molecular complexity index is 1040. The number of nitrogens with zero attached hydrogens (tertiary/aromatic N) is 2. The molecule has 9 nitrogen and oxygen atoms in total. The van der Waals surface area contributed by atoms with E-state index < -0.39 is 10.8 Å².